The van der Waals surface area contributed by atoms with Gasteiger partial charge in [0.25, 0.3) is 0 Å². The monoisotopic (exact) mass is 228 g/mol. The first-order valence-corrected chi connectivity index (χ1v) is 4.65. The summed E-state index contributed by atoms with van der Waals surface area (Å²) in [5, 5.41) is 1.19. The Kier molecular flexibility index (Phi) is 1.89. The van der Waals surface area contributed by atoms with Crippen molar-refractivity contribution in [1.29, 1.82) is 0 Å². The molecule has 0 unspecified atom stereocenters. The highest BCUT2D eigenvalue weighted by Gasteiger charge is 2.08. The molecule has 0 N–H and O–H groups in total. The van der Waals surface area contributed by atoms with Crippen LogP contribution in [0.25, 0.3) is 11.0 Å². The van der Waals surface area contributed by atoms with Gasteiger partial charge in [0, 0.05) is 10.9 Å². The van der Waals surface area contributed by atoms with Crippen LogP contribution in [0.2, 0.25) is 0 Å². The van der Waals surface area contributed by atoms with Gasteiger partial charge in [0.1, 0.15) is 11.4 Å². The maximum atomic E-state index is 13.2. The van der Waals surface area contributed by atoms with Crippen molar-refractivity contribution in [2.75, 3.05) is 0 Å². The van der Waals surface area contributed by atoms with Crippen LogP contribution in [0, 0.1) is 5.82 Å². The number of hydrogen-bond donors (Lipinski definition) is 0. The van der Waals surface area contributed by atoms with E-state index in [1.54, 1.807) is 18.4 Å². The van der Waals surface area contributed by atoms with Crippen LogP contribution < -0.4 is 0 Å². The molecule has 1 aromatic carbocycles. The molecule has 2 rings (SSSR count). The molecule has 1 aromatic heterocycles. The van der Waals surface area contributed by atoms with Gasteiger partial charge in [-0.25, -0.2) is 4.39 Å². The fraction of sp³-hybridized carbons (Fsp3) is 0.111. The van der Waals surface area contributed by atoms with Crippen LogP contribution in [0.4, 0.5) is 4.39 Å². The molecular formula is C9H6BrFO. The number of hydrogen-bond acceptors (Lipinski definition) is 1. The summed E-state index contributed by atoms with van der Waals surface area (Å²) in [6.07, 6.45) is 1.57. The van der Waals surface area contributed by atoms with Crippen molar-refractivity contribution in [3.8, 4) is 0 Å². The molecule has 1 heterocycles. The van der Waals surface area contributed by atoms with Gasteiger partial charge < -0.3 is 4.42 Å². The molecule has 0 aliphatic heterocycles. The van der Waals surface area contributed by atoms with E-state index in [1.165, 1.54) is 6.07 Å². The summed E-state index contributed by atoms with van der Waals surface area (Å²) in [7, 11) is 0. The molecule has 0 amide bonds. The molecule has 0 saturated carbocycles. The molecule has 12 heavy (non-hydrogen) atoms. The van der Waals surface area contributed by atoms with Crippen molar-refractivity contribution in [2.45, 2.75) is 5.33 Å². The highest BCUT2D eigenvalue weighted by atomic mass is 79.9. The van der Waals surface area contributed by atoms with Crippen LogP contribution >= 0.6 is 15.9 Å². The van der Waals surface area contributed by atoms with E-state index >= 15 is 0 Å². The number of benzene rings is 1. The minimum Gasteiger partial charge on any atom is -0.464 e. The van der Waals surface area contributed by atoms with E-state index in [2.05, 4.69) is 15.9 Å². The van der Waals surface area contributed by atoms with E-state index in [-0.39, 0.29) is 5.82 Å². The van der Waals surface area contributed by atoms with Gasteiger partial charge in [-0.05, 0) is 12.1 Å². The molecule has 0 atom stereocenters. The van der Waals surface area contributed by atoms with Crippen molar-refractivity contribution in [2.24, 2.45) is 0 Å². The van der Waals surface area contributed by atoms with Crippen molar-refractivity contribution < 1.29 is 8.81 Å². The molecule has 1 nitrogen and oxygen atoms in total. The number of rotatable bonds is 1. The lowest BCUT2D eigenvalue weighted by Gasteiger charge is -1.92. The smallest absolute Gasteiger partial charge is 0.137 e. The fourth-order valence-electron chi connectivity index (χ4n) is 1.21. The van der Waals surface area contributed by atoms with Crippen molar-refractivity contribution >= 4 is 26.9 Å². The Balaban J connectivity index is 2.83. The quantitative estimate of drug-likeness (QED) is 0.682. The molecule has 3 heteroatoms. The zero-order valence-corrected chi connectivity index (χ0v) is 7.77. The Bertz CT molecular complexity index is 408. The van der Waals surface area contributed by atoms with Crippen LogP contribution in [0.1, 0.15) is 5.56 Å². The number of furan rings is 1. The maximum Gasteiger partial charge on any atom is 0.137 e. The Hall–Kier alpha value is -0.830. The third-order valence-electron chi connectivity index (χ3n) is 1.77. The van der Waals surface area contributed by atoms with Crippen LogP contribution in [0.5, 0.6) is 0 Å². The summed E-state index contributed by atoms with van der Waals surface area (Å²) in [6.45, 7) is 0. The van der Waals surface area contributed by atoms with Crippen molar-refractivity contribution in [1.82, 2.24) is 0 Å². The van der Waals surface area contributed by atoms with E-state index in [0.717, 1.165) is 5.56 Å². The highest BCUT2D eigenvalue weighted by molar-refractivity contribution is 9.08. The summed E-state index contributed by atoms with van der Waals surface area (Å²) in [5.74, 6) is -0.226. The SMILES string of the molecule is Fc1cccc2occ(CBr)c12. The minimum absolute atomic E-state index is 0.226. The summed E-state index contributed by atoms with van der Waals surface area (Å²) >= 11 is 3.27. The first kappa shape index (κ1) is 7.80. The first-order valence-electron chi connectivity index (χ1n) is 3.53. The molecule has 0 bridgehead atoms. The van der Waals surface area contributed by atoms with Crippen molar-refractivity contribution in [3.05, 3.63) is 35.8 Å². The fourth-order valence-corrected chi connectivity index (χ4v) is 1.62. The Morgan fingerprint density at radius 3 is 3.00 bits per heavy atom. The normalized spacial score (nSPS) is 10.8. The molecule has 0 saturated heterocycles. The largest absolute Gasteiger partial charge is 0.464 e. The number of alkyl halides is 1. The second-order valence-electron chi connectivity index (χ2n) is 2.51. The molecule has 0 aliphatic rings. The van der Waals surface area contributed by atoms with Crippen LogP contribution in [0.15, 0.2) is 28.9 Å². The lowest BCUT2D eigenvalue weighted by Crippen LogP contribution is -1.78. The van der Waals surface area contributed by atoms with Gasteiger partial charge in [0.05, 0.1) is 11.6 Å². The topological polar surface area (TPSA) is 13.1 Å². The second-order valence-corrected chi connectivity index (χ2v) is 3.07. The third-order valence-corrected chi connectivity index (χ3v) is 2.37. The zero-order valence-electron chi connectivity index (χ0n) is 6.18. The highest BCUT2D eigenvalue weighted by Crippen LogP contribution is 2.25. The average molecular weight is 229 g/mol. The van der Waals surface area contributed by atoms with E-state index < -0.39 is 0 Å². The lowest BCUT2D eigenvalue weighted by atomic mass is 10.2. The Labute approximate surface area is 77.3 Å². The molecule has 0 radical (unpaired) electrons. The van der Waals surface area contributed by atoms with Gasteiger partial charge in [-0.1, -0.05) is 22.0 Å². The first-order chi connectivity index (χ1) is 5.83. The van der Waals surface area contributed by atoms with Gasteiger partial charge in [-0.2, -0.15) is 0 Å². The van der Waals surface area contributed by atoms with Gasteiger partial charge >= 0.3 is 0 Å². The van der Waals surface area contributed by atoms with E-state index in [1.807, 2.05) is 0 Å². The minimum atomic E-state index is -0.226. The zero-order chi connectivity index (χ0) is 8.55. The van der Waals surface area contributed by atoms with Gasteiger partial charge in [-0.3, -0.25) is 0 Å². The maximum absolute atomic E-state index is 13.2. The molecule has 0 spiro atoms. The summed E-state index contributed by atoms with van der Waals surface area (Å²) in [5.41, 5.74) is 1.45. The van der Waals surface area contributed by atoms with E-state index in [4.69, 9.17) is 4.42 Å². The Morgan fingerprint density at radius 2 is 2.25 bits per heavy atom. The van der Waals surface area contributed by atoms with Crippen LogP contribution in [-0.4, -0.2) is 0 Å². The summed E-state index contributed by atoms with van der Waals surface area (Å²) < 4.78 is 18.3. The van der Waals surface area contributed by atoms with Crippen LogP contribution in [-0.2, 0) is 5.33 Å². The average Bonchev–Trinajstić information content (AvgIpc) is 2.49. The molecule has 2 aromatic rings. The van der Waals surface area contributed by atoms with Gasteiger partial charge in [-0.15, -0.1) is 0 Å². The third kappa shape index (κ3) is 1.05. The van der Waals surface area contributed by atoms with Gasteiger partial charge in [0.15, 0.2) is 0 Å². The number of fused-ring (bicyclic) bond motifs is 1. The second kappa shape index (κ2) is 2.90. The molecular weight excluding hydrogens is 223 g/mol. The van der Waals surface area contributed by atoms with Crippen LogP contribution in [0.3, 0.4) is 0 Å². The number of halogens is 2. The van der Waals surface area contributed by atoms with Crippen molar-refractivity contribution in [3.63, 3.8) is 0 Å². The molecule has 62 valence electrons. The summed E-state index contributed by atoms with van der Waals surface area (Å²) in [6, 6.07) is 4.83. The summed E-state index contributed by atoms with van der Waals surface area (Å²) in [4.78, 5) is 0. The standard InChI is InChI=1S/C9H6BrFO/c10-4-6-5-12-8-3-1-2-7(11)9(6)8/h1-3,5H,4H2. The van der Waals surface area contributed by atoms with E-state index in [0.29, 0.717) is 16.3 Å². The molecule has 0 fully saturated rings. The van der Waals surface area contributed by atoms with E-state index in [9.17, 15) is 4.39 Å². The van der Waals surface area contributed by atoms with Gasteiger partial charge in [0.2, 0.25) is 0 Å². The Morgan fingerprint density at radius 1 is 1.42 bits per heavy atom. The lowest BCUT2D eigenvalue weighted by molar-refractivity contribution is 0.608. The molecule has 0 aliphatic carbocycles. The predicted octanol–water partition coefficient (Wildman–Crippen LogP) is 3.47. The predicted molar refractivity (Wildman–Crippen MR) is 48.8 cm³/mol.